The summed E-state index contributed by atoms with van der Waals surface area (Å²) in [5, 5.41) is 0. The molecule has 4 heteroatoms. The van der Waals surface area contributed by atoms with Crippen LogP contribution in [0.15, 0.2) is 182 Å². The molecule has 0 fully saturated rings. The third-order valence-corrected chi connectivity index (χ3v) is 7.95. The van der Waals surface area contributed by atoms with E-state index in [1.165, 1.54) is 12.6 Å². The summed E-state index contributed by atoms with van der Waals surface area (Å²) >= 11 is 0. The maximum Gasteiger partial charge on any atom is 0.164 e. The van der Waals surface area contributed by atoms with E-state index in [1.807, 2.05) is 58.9 Å². The molecule has 0 aliphatic heterocycles. The number of aromatic nitrogens is 3. The minimum Gasteiger partial charge on any atom is -0.333 e. The quantitative estimate of drug-likeness (QED) is 0.112. The Morgan fingerprint density at radius 1 is 0.614 bits per heavy atom. The Labute approximate surface area is 343 Å². The van der Waals surface area contributed by atoms with Gasteiger partial charge in [-0.15, -0.1) is 12.3 Å². The Bertz CT molecular complexity index is 2150. The standard InChI is InChI=1S/C45H37N3.C3H4.2C2H6.CH5N/c1-4-6-19-34(29-37-24-14-13-18-33(37)3)30-40(17-5-2)43-46-44(41-27-15-25-38(31-41)35-20-9-7-10-21-35)48-45(47-43)42-28-16-26-39(32-42)36-22-11-8-12-23-36;1-3-2;3*1-2/h4-32H,1H2,2-3H3;1H,2H3;2*1-2H3;2H2,1H3/b17-5-,19-6-,34-29-,40-30+;;;;. The van der Waals surface area contributed by atoms with Crippen molar-refractivity contribution in [3.05, 3.63) is 199 Å². The van der Waals surface area contributed by atoms with Gasteiger partial charge in [0.25, 0.3) is 0 Å². The predicted molar refractivity (Wildman–Crippen MR) is 250 cm³/mol. The SMILES string of the molecule is C#CC.C=C\C=C/C(=C/c1ccccc1C)/C=C(\C=C/C)c1nc(-c2cccc(-c3ccccc3)c2)nc(-c2cccc(-c3ccccc3)c2)n1.CC.CC.CN. The van der Waals surface area contributed by atoms with Gasteiger partial charge in [0.2, 0.25) is 0 Å². The minimum absolute atomic E-state index is 0.589. The topological polar surface area (TPSA) is 64.7 Å². The molecule has 0 saturated heterocycles. The second-order valence-corrected chi connectivity index (χ2v) is 11.7. The van der Waals surface area contributed by atoms with Crippen LogP contribution in [0.3, 0.4) is 0 Å². The first-order chi connectivity index (χ1) is 28.0. The number of rotatable bonds is 10. The van der Waals surface area contributed by atoms with Crippen LogP contribution < -0.4 is 5.73 Å². The van der Waals surface area contributed by atoms with Gasteiger partial charge in [0, 0.05) is 16.7 Å². The van der Waals surface area contributed by atoms with Gasteiger partial charge >= 0.3 is 0 Å². The summed E-state index contributed by atoms with van der Waals surface area (Å²) in [6, 6.07) is 45.9. The first-order valence-electron chi connectivity index (χ1n) is 19.5. The van der Waals surface area contributed by atoms with Crippen molar-refractivity contribution in [3.63, 3.8) is 0 Å². The molecule has 0 aliphatic carbocycles. The molecule has 6 aromatic rings. The van der Waals surface area contributed by atoms with E-state index in [1.54, 1.807) is 13.0 Å². The molecule has 0 unspecified atom stereocenters. The fraction of sp³-hybridized carbons (Fsp3) is 0.151. The molecule has 1 heterocycles. The van der Waals surface area contributed by atoms with Crippen molar-refractivity contribution in [1.82, 2.24) is 15.0 Å². The molecule has 0 amide bonds. The summed E-state index contributed by atoms with van der Waals surface area (Å²) in [6.07, 6.45) is 18.7. The lowest BCUT2D eigenvalue weighted by molar-refractivity contribution is 1.04. The molecule has 0 radical (unpaired) electrons. The second-order valence-electron chi connectivity index (χ2n) is 11.7. The molecule has 4 nitrogen and oxygen atoms in total. The van der Waals surface area contributed by atoms with Crippen LogP contribution in [0.1, 0.15) is 58.5 Å². The Balaban J connectivity index is 0.00000116. The Hall–Kier alpha value is -6.67. The number of terminal acetylenes is 1. The van der Waals surface area contributed by atoms with Crippen LogP contribution in [0.4, 0.5) is 0 Å². The lowest BCUT2D eigenvalue weighted by Crippen LogP contribution is -2.03. The first kappa shape index (κ1) is 46.5. The Morgan fingerprint density at radius 3 is 1.51 bits per heavy atom. The summed E-state index contributed by atoms with van der Waals surface area (Å²) in [7, 11) is 1.50. The van der Waals surface area contributed by atoms with E-state index in [-0.39, 0.29) is 0 Å². The van der Waals surface area contributed by atoms with E-state index in [4.69, 9.17) is 15.0 Å². The van der Waals surface area contributed by atoms with Crippen LogP contribution >= 0.6 is 0 Å². The van der Waals surface area contributed by atoms with E-state index in [2.05, 4.69) is 177 Å². The van der Waals surface area contributed by atoms with Gasteiger partial charge < -0.3 is 5.73 Å². The summed E-state index contributed by atoms with van der Waals surface area (Å²) in [5.41, 5.74) is 15.0. The number of aryl methyl sites for hydroxylation is 1. The predicted octanol–water partition coefficient (Wildman–Crippen LogP) is 13.9. The molecule has 290 valence electrons. The summed E-state index contributed by atoms with van der Waals surface area (Å²) in [6.45, 7) is 17.7. The molecular weight excluding hydrogens is 693 g/mol. The van der Waals surface area contributed by atoms with E-state index < -0.39 is 0 Å². The van der Waals surface area contributed by atoms with Crippen molar-refractivity contribution in [2.75, 3.05) is 7.05 Å². The molecule has 5 aromatic carbocycles. The van der Waals surface area contributed by atoms with E-state index in [0.29, 0.717) is 17.5 Å². The first-order valence-corrected chi connectivity index (χ1v) is 19.5. The van der Waals surface area contributed by atoms with Crippen LogP contribution in [0, 0.1) is 19.3 Å². The second kappa shape index (κ2) is 27.0. The maximum absolute atomic E-state index is 5.11. The lowest BCUT2D eigenvalue weighted by Gasteiger charge is -2.11. The Kier molecular flexibility index (Phi) is 22.0. The highest BCUT2D eigenvalue weighted by Crippen LogP contribution is 2.30. The van der Waals surface area contributed by atoms with Crippen LogP contribution in [-0.2, 0) is 0 Å². The highest BCUT2D eigenvalue weighted by atomic mass is 15.0. The van der Waals surface area contributed by atoms with Gasteiger partial charge in [0.1, 0.15) is 0 Å². The Morgan fingerprint density at radius 2 is 1.05 bits per heavy atom. The number of nitrogens with zero attached hydrogens (tertiary/aromatic N) is 3. The van der Waals surface area contributed by atoms with Crippen LogP contribution in [0.2, 0.25) is 0 Å². The maximum atomic E-state index is 5.11. The zero-order chi connectivity index (χ0) is 41.8. The number of nitrogens with two attached hydrogens (primary N) is 1. The number of benzene rings is 5. The molecule has 0 saturated carbocycles. The molecule has 6 rings (SSSR count). The summed E-state index contributed by atoms with van der Waals surface area (Å²) in [5.74, 6) is 4.06. The highest BCUT2D eigenvalue weighted by molar-refractivity contribution is 5.79. The zero-order valence-electron chi connectivity index (χ0n) is 34.9. The van der Waals surface area contributed by atoms with Crippen LogP contribution in [0.5, 0.6) is 0 Å². The molecular formula is C53H58N4. The van der Waals surface area contributed by atoms with Crippen molar-refractivity contribution >= 4 is 11.6 Å². The highest BCUT2D eigenvalue weighted by Gasteiger charge is 2.15. The van der Waals surface area contributed by atoms with Gasteiger partial charge in [0.05, 0.1) is 0 Å². The minimum atomic E-state index is 0.589. The van der Waals surface area contributed by atoms with Crippen molar-refractivity contribution in [2.24, 2.45) is 5.73 Å². The molecule has 0 aliphatic rings. The fourth-order valence-electron chi connectivity index (χ4n) is 5.49. The van der Waals surface area contributed by atoms with Gasteiger partial charge in [-0.2, -0.15) is 0 Å². The summed E-state index contributed by atoms with van der Waals surface area (Å²) in [4.78, 5) is 15.3. The fourth-order valence-corrected chi connectivity index (χ4v) is 5.49. The van der Waals surface area contributed by atoms with Crippen molar-refractivity contribution < 1.29 is 0 Å². The molecule has 0 bridgehead atoms. The number of hydrogen-bond acceptors (Lipinski definition) is 4. The molecule has 0 atom stereocenters. The van der Waals surface area contributed by atoms with Gasteiger partial charge in [-0.05, 0) is 91.1 Å². The average Bonchev–Trinajstić information content (AvgIpc) is 3.29. The molecule has 0 spiro atoms. The third kappa shape index (κ3) is 14.5. The average molecular weight is 751 g/mol. The van der Waals surface area contributed by atoms with Gasteiger partial charge in [-0.3, -0.25) is 0 Å². The van der Waals surface area contributed by atoms with Gasteiger partial charge in [0.15, 0.2) is 17.5 Å². The van der Waals surface area contributed by atoms with Crippen LogP contribution in [-0.4, -0.2) is 22.0 Å². The lowest BCUT2D eigenvalue weighted by atomic mass is 10.0. The third-order valence-electron chi connectivity index (χ3n) is 7.95. The molecule has 57 heavy (non-hydrogen) atoms. The molecule has 1 aromatic heterocycles. The summed E-state index contributed by atoms with van der Waals surface area (Å²) < 4.78 is 0. The zero-order valence-corrected chi connectivity index (χ0v) is 34.9. The largest absolute Gasteiger partial charge is 0.333 e. The van der Waals surface area contributed by atoms with Crippen molar-refractivity contribution in [2.45, 2.75) is 48.5 Å². The van der Waals surface area contributed by atoms with E-state index in [9.17, 15) is 0 Å². The number of hydrogen-bond donors (Lipinski definition) is 1. The number of allylic oxidation sites excluding steroid dienone is 8. The van der Waals surface area contributed by atoms with Crippen molar-refractivity contribution in [3.8, 4) is 57.4 Å². The monoisotopic (exact) mass is 750 g/mol. The van der Waals surface area contributed by atoms with E-state index in [0.717, 1.165) is 50.1 Å². The normalized spacial score (nSPS) is 10.7. The van der Waals surface area contributed by atoms with Gasteiger partial charge in [-0.25, -0.2) is 15.0 Å². The molecule has 2 N–H and O–H groups in total. The van der Waals surface area contributed by atoms with Crippen LogP contribution in [0.25, 0.3) is 56.7 Å². The van der Waals surface area contributed by atoms with Crippen molar-refractivity contribution in [1.29, 1.82) is 0 Å². The van der Waals surface area contributed by atoms with Gasteiger partial charge in [-0.1, -0.05) is 186 Å². The smallest absolute Gasteiger partial charge is 0.164 e. The van der Waals surface area contributed by atoms with E-state index >= 15 is 0 Å².